The number of rotatable bonds is 5. The molecule has 0 saturated heterocycles. The lowest BCUT2D eigenvalue weighted by atomic mass is 10.1. The van der Waals surface area contributed by atoms with Crippen molar-refractivity contribution in [1.29, 1.82) is 0 Å². The third kappa shape index (κ3) is 4.52. The third-order valence-electron chi connectivity index (χ3n) is 4.22. The molecule has 0 aliphatic rings. The molecule has 0 aliphatic heterocycles. The van der Waals surface area contributed by atoms with Crippen LogP contribution in [-0.2, 0) is 12.8 Å². The molecule has 0 heterocycles. The van der Waals surface area contributed by atoms with Gasteiger partial charge in [0.25, 0.3) is 5.91 Å². The van der Waals surface area contributed by atoms with Crippen LogP contribution in [0.5, 0.6) is 5.75 Å². The van der Waals surface area contributed by atoms with Gasteiger partial charge >= 0.3 is 6.18 Å². The number of benzene rings is 3. The highest BCUT2D eigenvalue weighted by Crippen LogP contribution is 2.32. The van der Waals surface area contributed by atoms with Crippen molar-refractivity contribution in [1.82, 2.24) is 0 Å². The largest absolute Gasteiger partial charge is 0.489 e. The van der Waals surface area contributed by atoms with Crippen LogP contribution in [0, 0.1) is 6.92 Å². The Bertz CT molecular complexity index is 983. The van der Waals surface area contributed by atoms with Crippen molar-refractivity contribution in [2.75, 3.05) is 5.32 Å². The van der Waals surface area contributed by atoms with E-state index in [4.69, 9.17) is 4.74 Å². The van der Waals surface area contributed by atoms with Crippen molar-refractivity contribution in [2.45, 2.75) is 19.7 Å². The molecular weight excluding hydrogens is 367 g/mol. The van der Waals surface area contributed by atoms with Crippen LogP contribution >= 0.6 is 0 Å². The first-order valence-electron chi connectivity index (χ1n) is 8.60. The van der Waals surface area contributed by atoms with E-state index in [2.05, 4.69) is 5.32 Å². The van der Waals surface area contributed by atoms with Gasteiger partial charge in [0, 0.05) is 11.3 Å². The number of aryl methyl sites for hydroxylation is 1. The van der Waals surface area contributed by atoms with Crippen LogP contribution in [0.2, 0.25) is 0 Å². The topological polar surface area (TPSA) is 38.3 Å². The Morgan fingerprint density at radius 1 is 0.929 bits per heavy atom. The van der Waals surface area contributed by atoms with Crippen LogP contribution < -0.4 is 10.1 Å². The molecule has 0 aromatic heterocycles. The molecule has 28 heavy (non-hydrogen) atoms. The highest BCUT2D eigenvalue weighted by Gasteiger charge is 2.34. The third-order valence-corrected chi connectivity index (χ3v) is 4.22. The molecule has 1 amide bonds. The number of halogens is 3. The second kappa shape index (κ2) is 8.17. The summed E-state index contributed by atoms with van der Waals surface area (Å²) in [5.41, 5.74) is 0.621. The summed E-state index contributed by atoms with van der Waals surface area (Å²) in [7, 11) is 0. The van der Waals surface area contributed by atoms with E-state index in [1.54, 1.807) is 24.3 Å². The molecular formula is C22H18F3NO2. The zero-order chi connectivity index (χ0) is 20.1. The summed E-state index contributed by atoms with van der Waals surface area (Å²) in [5, 5.41) is 2.57. The summed E-state index contributed by atoms with van der Waals surface area (Å²) in [6.07, 6.45) is -4.61. The van der Waals surface area contributed by atoms with Crippen molar-refractivity contribution in [2.24, 2.45) is 0 Å². The van der Waals surface area contributed by atoms with Gasteiger partial charge in [0.1, 0.15) is 12.4 Å². The Kier molecular flexibility index (Phi) is 5.68. The fourth-order valence-corrected chi connectivity index (χ4v) is 2.76. The second-order valence-corrected chi connectivity index (χ2v) is 6.21. The smallest absolute Gasteiger partial charge is 0.417 e. The number of alkyl halides is 3. The van der Waals surface area contributed by atoms with Gasteiger partial charge in [-0.15, -0.1) is 0 Å². The lowest BCUT2D eigenvalue weighted by molar-refractivity contribution is -0.137. The summed E-state index contributed by atoms with van der Waals surface area (Å²) in [6, 6.07) is 19.0. The average molecular weight is 385 g/mol. The van der Waals surface area contributed by atoms with Crippen molar-refractivity contribution in [3.05, 3.63) is 95.1 Å². The Morgan fingerprint density at radius 3 is 2.32 bits per heavy atom. The van der Waals surface area contributed by atoms with Gasteiger partial charge in [-0.1, -0.05) is 48.5 Å². The quantitative estimate of drug-likeness (QED) is 0.599. The fraction of sp³-hybridized carbons (Fsp3) is 0.136. The molecule has 0 bridgehead atoms. The number of amides is 1. The number of carbonyl (C=O) groups is 1. The monoisotopic (exact) mass is 385 g/mol. The summed E-state index contributed by atoms with van der Waals surface area (Å²) < 4.78 is 45.3. The Balaban J connectivity index is 1.81. The van der Waals surface area contributed by atoms with E-state index in [-0.39, 0.29) is 6.61 Å². The molecule has 0 aliphatic carbocycles. The Labute approximate surface area is 160 Å². The number of hydrogen-bond acceptors (Lipinski definition) is 2. The maximum absolute atomic E-state index is 13.2. The SMILES string of the molecule is Cc1ccccc1OCc1ccccc1NC(=O)c1ccccc1C(F)(F)F. The number of para-hydroxylation sites is 2. The zero-order valence-electron chi connectivity index (χ0n) is 15.1. The van der Waals surface area contributed by atoms with Crippen molar-refractivity contribution in [3.8, 4) is 5.75 Å². The van der Waals surface area contributed by atoms with Crippen LogP contribution in [0.3, 0.4) is 0 Å². The summed E-state index contributed by atoms with van der Waals surface area (Å²) >= 11 is 0. The predicted molar refractivity (Wildman–Crippen MR) is 101 cm³/mol. The summed E-state index contributed by atoms with van der Waals surface area (Å²) in [5.74, 6) is -0.123. The molecule has 3 nitrogen and oxygen atoms in total. The molecule has 0 spiro atoms. The van der Waals surface area contributed by atoms with Crippen LogP contribution in [0.4, 0.5) is 18.9 Å². The normalized spacial score (nSPS) is 11.1. The van der Waals surface area contributed by atoms with Gasteiger partial charge in [0.15, 0.2) is 0 Å². The maximum Gasteiger partial charge on any atom is 0.417 e. The van der Waals surface area contributed by atoms with Gasteiger partial charge < -0.3 is 10.1 Å². The molecule has 3 aromatic carbocycles. The van der Waals surface area contributed by atoms with Crippen LogP contribution in [-0.4, -0.2) is 5.91 Å². The summed E-state index contributed by atoms with van der Waals surface area (Å²) in [4.78, 5) is 12.5. The number of ether oxygens (including phenoxy) is 1. The lowest BCUT2D eigenvalue weighted by Crippen LogP contribution is -2.19. The Hall–Kier alpha value is -3.28. The molecule has 0 fully saturated rings. The molecule has 144 valence electrons. The van der Waals surface area contributed by atoms with E-state index in [9.17, 15) is 18.0 Å². The number of carbonyl (C=O) groups excluding carboxylic acids is 1. The fourth-order valence-electron chi connectivity index (χ4n) is 2.76. The minimum absolute atomic E-state index is 0.169. The first-order valence-corrected chi connectivity index (χ1v) is 8.60. The van der Waals surface area contributed by atoms with Gasteiger partial charge in [0.05, 0.1) is 11.1 Å². The molecule has 1 N–H and O–H groups in total. The van der Waals surface area contributed by atoms with Gasteiger partial charge in [0.2, 0.25) is 0 Å². The van der Waals surface area contributed by atoms with E-state index in [1.807, 2.05) is 31.2 Å². The highest BCUT2D eigenvalue weighted by atomic mass is 19.4. The molecule has 3 rings (SSSR count). The number of hydrogen-bond donors (Lipinski definition) is 1. The van der Waals surface area contributed by atoms with Crippen molar-refractivity contribution < 1.29 is 22.7 Å². The zero-order valence-corrected chi connectivity index (χ0v) is 15.1. The molecule has 0 atom stereocenters. The van der Waals surface area contributed by atoms with Gasteiger partial charge in [-0.2, -0.15) is 13.2 Å². The maximum atomic E-state index is 13.2. The Morgan fingerprint density at radius 2 is 1.57 bits per heavy atom. The van der Waals surface area contributed by atoms with E-state index in [1.165, 1.54) is 12.1 Å². The second-order valence-electron chi connectivity index (χ2n) is 6.21. The van der Waals surface area contributed by atoms with Gasteiger partial charge in [-0.3, -0.25) is 4.79 Å². The highest BCUT2D eigenvalue weighted by molar-refractivity contribution is 6.05. The number of anilines is 1. The number of nitrogens with one attached hydrogen (secondary N) is 1. The van der Waals surface area contributed by atoms with Gasteiger partial charge in [-0.05, 0) is 36.8 Å². The van der Waals surface area contributed by atoms with Crippen LogP contribution in [0.15, 0.2) is 72.8 Å². The molecule has 6 heteroatoms. The molecule has 0 unspecified atom stereocenters. The van der Waals surface area contributed by atoms with Crippen LogP contribution in [0.1, 0.15) is 27.0 Å². The van der Waals surface area contributed by atoms with Crippen LogP contribution in [0.25, 0.3) is 0 Å². The van der Waals surface area contributed by atoms with E-state index < -0.39 is 23.2 Å². The first-order chi connectivity index (χ1) is 13.4. The van der Waals surface area contributed by atoms with E-state index in [0.717, 1.165) is 17.7 Å². The van der Waals surface area contributed by atoms with Crippen molar-refractivity contribution >= 4 is 11.6 Å². The standard InChI is InChI=1S/C22H18F3NO2/c1-15-8-2-7-13-20(15)28-14-16-9-3-6-12-19(16)26-21(27)17-10-4-5-11-18(17)22(23,24)25/h2-13H,14H2,1H3,(H,26,27). The van der Waals surface area contributed by atoms with E-state index in [0.29, 0.717) is 17.0 Å². The average Bonchev–Trinajstić information content (AvgIpc) is 2.67. The van der Waals surface area contributed by atoms with Crippen molar-refractivity contribution in [3.63, 3.8) is 0 Å². The minimum Gasteiger partial charge on any atom is -0.489 e. The van der Waals surface area contributed by atoms with E-state index >= 15 is 0 Å². The summed E-state index contributed by atoms with van der Waals surface area (Å²) in [6.45, 7) is 2.08. The minimum atomic E-state index is -4.61. The molecule has 0 saturated carbocycles. The first kappa shape index (κ1) is 19.5. The lowest BCUT2D eigenvalue weighted by Gasteiger charge is -2.15. The molecule has 0 radical (unpaired) electrons. The predicted octanol–water partition coefficient (Wildman–Crippen LogP) is 5.85. The van der Waals surface area contributed by atoms with Gasteiger partial charge in [-0.25, -0.2) is 0 Å². The molecule has 3 aromatic rings.